The van der Waals surface area contributed by atoms with Gasteiger partial charge in [0.1, 0.15) is 11.5 Å². The lowest BCUT2D eigenvalue weighted by Gasteiger charge is -2.39. The molecule has 0 bridgehead atoms. The predicted molar refractivity (Wildman–Crippen MR) is 72.3 cm³/mol. The highest BCUT2D eigenvalue weighted by atomic mass is 19.3. The maximum absolute atomic E-state index is 13.4. The zero-order chi connectivity index (χ0) is 16.4. The molecular weight excluding hydrogens is 284 g/mol. The Bertz CT molecular complexity index is 398. The maximum Gasteiger partial charge on any atom is 0.407 e. The zero-order valence-electron chi connectivity index (χ0n) is 12.9. The lowest BCUT2D eigenvalue weighted by Crippen LogP contribution is -2.51. The van der Waals surface area contributed by atoms with Crippen LogP contribution in [0.4, 0.5) is 13.6 Å². The van der Waals surface area contributed by atoms with Crippen LogP contribution >= 0.6 is 0 Å². The van der Waals surface area contributed by atoms with E-state index in [0.717, 1.165) is 4.90 Å². The predicted octanol–water partition coefficient (Wildman–Crippen LogP) is 2.99. The van der Waals surface area contributed by atoms with Crippen LogP contribution in [-0.2, 0) is 9.53 Å². The summed E-state index contributed by atoms with van der Waals surface area (Å²) >= 11 is 0. The molecule has 5 nitrogen and oxygen atoms in total. The Morgan fingerprint density at radius 3 is 2.05 bits per heavy atom. The number of carbonyl (C=O) groups is 2. The number of hydrogen-bond donors (Lipinski definition) is 1. The molecule has 0 aromatic carbocycles. The number of hydrogen-bond acceptors (Lipinski definition) is 3. The van der Waals surface area contributed by atoms with Crippen molar-refractivity contribution in [1.29, 1.82) is 0 Å². The highest BCUT2D eigenvalue weighted by Crippen LogP contribution is 2.40. The van der Waals surface area contributed by atoms with E-state index in [1.165, 1.54) is 0 Å². The molecule has 7 heteroatoms. The van der Waals surface area contributed by atoms with E-state index in [2.05, 4.69) is 0 Å². The summed E-state index contributed by atoms with van der Waals surface area (Å²) < 4.78 is 32.1. The van der Waals surface area contributed by atoms with Crippen molar-refractivity contribution in [2.45, 2.75) is 53.1 Å². The van der Waals surface area contributed by atoms with Gasteiger partial charge in [-0.3, -0.25) is 4.79 Å². The van der Waals surface area contributed by atoms with Gasteiger partial charge in [0.25, 0.3) is 6.43 Å². The van der Waals surface area contributed by atoms with E-state index in [1.54, 1.807) is 6.92 Å². The number of carboxylic acid groups (broad SMARTS) is 1. The topological polar surface area (TPSA) is 66.8 Å². The monoisotopic (exact) mass is 307 g/mol. The van der Waals surface area contributed by atoms with Gasteiger partial charge in [0.15, 0.2) is 0 Å². The molecule has 0 aromatic heterocycles. The summed E-state index contributed by atoms with van der Waals surface area (Å²) in [6, 6.07) is 0. The van der Waals surface area contributed by atoms with Crippen molar-refractivity contribution in [2.75, 3.05) is 13.1 Å². The molecule has 1 heterocycles. The number of nitrogens with zero attached hydrogens (tertiary/aromatic N) is 1. The molecule has 122 valence electrons. The van der Waals surface area contributed by atoms with E-state index < -0.39 is 30.0 Å². The summed E-state index contributed by atoms with van der Waals surface area (Å²) in [7, 11) is 0. The molecule has 1 rings (SSSR count). The van der Waals surface area contributed by atoms with Crippen LogP contribution in [0.3, 0.4) is 0 Å². The number of alkyl halides is 2. The summed E-state index contributed by atoms with van der Waals surface area (Å²) in [6.45, 7) is 7.06. The van der Waals surface area contributed by atoms with Crippen molar-refractivity contribution in [1.82, 2.24) is 4.90 Å². The quantitative estimate of drug-likeness (QED) is 0.814. The third kappa shape index (κ3) is 3.83. The number of rotatable bonds is 3. The lowest BCUT2D eigenvalue weighted by atomic mass is 9.78. The van der Waals surface area contributed by atoms with Crippen LogP contribution < -0.4 is 0 Å². The first kappa shape index (κ1) is 17.7. The summed E-state index contributed by atoms with van der Waals surface area (Å²) in [5.41, 5.74) is -2.24. The van der Waals surface area contributed by atoms with E-state index in [9.17, 15) is 18.4 Å². The van der Waals surface area contributed by atoms with Gasteiger partial charge >= 0.3 is 12.1 Å². The molecule has 1 saturated heterocycles. The SMILES string of the molecule is CC(OC(=O)C1(C(F)F)CCN(C(=O)O)CC1)C(C)(C)C. The van der Waals surface area contributed by atoms with Crippen molar-refractivity contribution in [3.8, 4) is 0 Å². The third-order valence-corrected chi connectivity index (χ3v) is 4.25. The molecule has 1 aliphatic heterocycles. The Labute approximate surface area is 123 Å². The van der Waals surface area contributed by atoms with Crippen molar-refractivity contribution in [2.24, 2.45) is 10.8 Å². The Kier molecular flexibility index (Phi) is 5.17. The minimum absolute atomic E-state index is 0.0847. The Balaban J connectivity index is 2.83. The van der Waals surface area contributed by atoms with Crippen molar-refractivity contribution in [3.63, 3.8) is 0 Å². The fraction of sp³-hybridized carbons (Fsp3) is 0.857. The van der Waals surface area contributed by atoms with Gasteiger partial charge in [0.05, 0.1) is 0 Å². The molecule has 0 saturated carbocycles. The van der Waals surface area contributed by atoms with E-state index in [0.29, 0.717) is 0 Å². The Morgan fingerprint density at radius 1 is 1.24 bits per heavy atom. The summed E-state index contributed by atoms with van der Waals surface area (Å²) in [5.74, 6) is -0.926. The molecular formula is C14H23F2NO4. The first-order valence-corrected chi connectivity index (χ1v) is 6.98. The average Bonchev–Trinajstić information content (AvgIpc) is 2.37. The van der Waals surface area contributed by atoms with E-state index >= 15 is 0 Å². The number of ether oxygens (including phenoxy) is 1. The van der Waals surface area contributed by atoms with Crippen molar-refractivity contribution in [3.05, 3.63) is 0 Å². The number of amides is 1. The minimum atomic E-state index is -2.87. The van der Waals surface area contributed by atoms with Gasteiger partial charge in [-0.25, -0.2) is 13.6 Å². The van der Waals surface area contributed by atoms with Gasteiger partial charge in [-0.15, -0.1) is 0 Å². The smallest absolute Gasteiger partial charge is 0.407 e. The van der Waals surface area contributed by atoms with Crippen LogP contribution in [0.15, 0.2) is 0 Å². The maximum atomic E-state index is 13.4. The van der Waals surface area contributed by atoms with Gasteiger partial charge in [-0.1, -0.05) is 20.8 Å². The molecule has 0 aromatic rings. The first-order chi connectivity index (χ1) is 9.50. The second-order valence-corrected chi connectivity index (χ2v) is 6.64. The second-order valence-electron chi connectivity index (χ2n) is 6.64. The van der Waals surface area contributed by atoms with Crippen LogP contribution in [0, 0.1) is 10.8 Å². The molecule has 21 heavy (non-hydrogen) atoms. The highest BCUT2D eigenvalue weighted by Gasteiger charge is 2.51. The van der Waals surface area contributed by atoms with Gasteiger partial charge < -0.3 is 14.7 Å². The number of likely N-dealkylation sites (tertiary alicyclic amines) is 1. The molecule has 1 N–H and O–H groups in total. The Hall–Kier alpha value is -1.40. The average molecular weight is 307 g/mol. The number of esters is 1. The fourth-order valence-electron chi connectivity index (χ4n) is 2.06. The van der Waals surface area contributed by atoms with E-state index in [-0.39, 0.29) is 31.3 Å². The second kappa shape index (κ2) is 6.15. The number of halogens is 2. The zero-order valence-corrected chi connectivity index (χ0v) is 12.9. The van der Waals surface area contributed by atoms with E-state index in [4.69, 9.17) is 9.84 Å². The molecule has 0 spiro atoms. The summed E-state index contributed by atoms with van der Waals surface area (Å²) in [4.78, 5) is 24.1. The van der Waals surface area contributed by atoms with Crippen LogP contribution in [0.5, 0.6) is 0 Å². The highest BCUT2D eigenvalue weighted by molar-refractivity contribution is 5.78. The Morgan fingerprint density at radius 2 is 1.71 bits per heavy atom. The van der Waals surface area contributed by atoms with Crippen LogP contribution in [0.2, 0.25) is 0 Å². The normalized spacial score (nSPS) is 20.2. The minimum Gasteiger partial charge on any atom is -0.465 e. The lowest BCUT2D eigenvalue weighted by molar-refractivity contribution is -0.181. The first-order valence-electron chi connectivity index (χ1n) is 6.98. The fourth-order valence-corrected chi connectivity index (χ4v) is 2.06. The standard InChI is InChI=1S/C14H23F2NO4/c1-9(13(2,3)4)21-11(18)14(10(15)16)5-7-17(8-6-14)12(19)20/h9-10H,5-8H2,1-4H3,(H,19,20). The van der Waals surface area contributed by atoms with Crippen LogP contribution in [-0.4, -0.2) is 47.7 Å². The van der Waals surface area contributed by atoms with Gasteiger partial charge in [-0.2, -0.15) is 0 Å². The van der Waals surface area contributed by atoms with Gasteiger partial charge in [0, 0.05) is 13.1 Å². The molecule has 0 radical (unpaired) electrons. The van der Waals surface area contributed by atoms with E-state index in [1.807, 2.05) is 20.8 Å². The molecule has 1 amide bonds. The van der Waals surface area contributed by atoms with Crippen LogP contribution in [0.1, 0.15) is 40.5 Å². The molecule has 1 atom stereocenters. The largest absolute Gasteiger partial charge is 0.465 e. The van der Waals surface area contributed by atoms with Gasteiger partial charge in [0.2, 0.25) is 0 Å². The van der Waals surface area contributed by atoms with Crippen molar-refractivity contribution < 1.29 is 28.2 Å². The van der Waals surface area contributed by atoms with Crippen molar-refractivity contribution >= 4 is 12.1 Å². The molecule has 1 fully saturated rings. The third-order valence-electron chi connectivity index (χ3n) is 4.25. The number of piperidine rings is 1. The number of carbonyl (C=O) groups excluding carboxylic acids is 1. The molecule has 1 aliphatic rings. The molecule has 1 unspecified atom stereocenters. The molecule has 0 aliphatic carbocycles. The van der Waals surface area contributed by atoms with Gasteiger partial charge in [-0.05, 0) is 25.2 Å². The summed E-state index contributed by atoms with van der Waals surface area (Å²) in [6.07, 6.45) is -4.96. The van der Waals surface area contributed by atoms with Crippen LogP contribution in [0.25, 0.3) is 0 Å². The summed E-state index contributed by atoms with van der Waals surface area (Å²) in [5, 5.41) is 8.86.